The number of hydrogen-bond donors (Lipinski definition) is 0. The van der Waals surface area contributed by atoms with Crippen LogP contribution < -0.4 is 5.56 Å². The maximum Gasteiger partial charge on any atom is 0.258 e. The number of nitrogens with zero attached hydrogens (tertiary/aromatic N) is 7. The van der Waals surface area contributed by atoms with E-state index in [9.17, 15) is 9.59 Å². The van der Waals surface area contributed by atoms with Crippen molar-refractivity contribution in [1.29, 1.82) is 0 Å². The third-order valence-electron chi connectivity index (χ3n) is 6.70. The topological polar surface area (TPSA) is 88.6 Å². The zero-order valence-electron chi connectivity index (χ0n) is 19.3. The second-order valence-corrected chi connectivity index (χ2v) is 10.4. The average molecular weight is 478 g/mol. The smallest absolute Gasteiger partial charge is 0.258 e. The van der Waals surface area contributed by atoms with Gasteiger partial charge in [0.1, 0.15) is 0 Å². The van der Waals surface area contributed by atoms with Gasteiger partial charge in [-0.2, -0.15) is 5.10 Å². The second-order valence-electron chi connectivity index (χ2n) is 9.50. The Balaban J connectivity index is 1.20. The molecule has 1 aliphatic heterocycles. The maximum absolute atomic E-state index is 13.6. The summed E-state index contributed by atoms with van der Waals surface area (Å²) in [6, 6.07) is 3.78. The number of thiazole rings is 1. The van der Waals surface area contributed by atoms with E-state index in [-0.39, 0.29) is 17.5 Å². The highest BCUT2D eigenvalue weighted by Gasteiger charge is 2.30. The van der Waals surface area contributed by atoms with E-state index in [2.05, 4.69) is 28.8 Å². The molecule has 1 saturated carbocycles. The third kappa shape index (κ3) is 3.80. The number of hydrogen-bond acceptors (Lipinski definition) is 7. The van der Waals surface area contributed by atoms with Gasteiger partial charge in [-0.3, -0.25) is 18.9 Å². The molecule has 4 aromatic heterocycles. The monoisotopic (exact) mass is 477 g/mol. The fraction of sp³-hybridized carbons (Fsp3) is 0.458. The zero-order valence-corrected chi connectivity index (χ0v) is 20.2. The molecule has 0 atom stereocenters. The van der Waals surface area contributed by atoms with Crippen molar-refractivity contribution in [3.05, 3.63) is 57.2 Å². The molecule has 1 saturated heterocycles. The molecule has 0 radical (unpaired) electrons. The molecule has 2 fully saturated rings. The number of fused-ring (bicyclic) bond motifs is 2. The number of carbonyl (C=O) groups excluding carboxylic acids is 1. The average Bonchev–Trinajstić information content (AvgIpc) is 3.40. The lowest BCUT2D eigenvalue weighted by atomic mass is 10.1. The number of aromatic nitrogens is 5. The van der Waals surface area contributed by atoms with E-state index in [0.717, 1.165) is 48.4 Å². The molecule has 34 heavy (non-hydrogen) atoms. The van der Waals surface area contributed by atoms with Gasteiger partial charge in [0.15, 0.2) is 10.6 Å². The first-order valence-electron chi connectivity index (χ1n) is 11.8. The molecule has 9 nitrogen and oxygen atoms in total. The molecule has 176 valence electrons. The molecule has 10 heteroatoms. The molecule has 0 bridgehead atoms. The van der Waals surface area contributed by atoms with Crippen molar-refractivity contribution < 1.29 is 4.79 Å². The molecule has 0 N–H and O–H groups in total. The summed E-state index contributed by atoms with van der Waals surface area (Å²) in [6.45, 7) is 7.53. The van der Waals surface area contributed by atoms with E-state index in [0.29, 0.717) is 36.1 Å². The number of pyridine rings is 1. The Morgan fingerprint density at radius 1 is 1.15 bits per heavy atom. The normalized spacial score (nSPS) is 17.3. The van der Waals surface area contributed by atoms with Gasteiger partial charge >= 0.3 is 0 Å². The van der Waals surface area contributed by atoms with Crippen LogP contribution in [0.3, 0.4) is 0 Å². The Kier molecular flexibility index (Phi) is 5.22. The minimum absolute atomic E-state index is 0.0497. The number of carbonyl (C=O) groups is 1. The van der Waals surface area contributed by atoms with Crippen LogP contribution in [0.1, 0.15) is 60.4 Å². The van der Waals surface area contributed by atoms with E-state index in [1.165, 1.54) is 11.3 Å². The fourth-order valence-corrected chi connectivity index (χ4v) is 5.40. The Labute approximate surface area is 200 Å². The van der Waals surface area contributed by atoms with Gasteiger partial charge in [0.2, 0.25) is 0 Å². The van der Waals surface area contributed by atoms with Crippen LogP contribution in [0.5, 0.6) is 0 Å². The summed E-state index contributed by atoms with van der Waals surface area (Å²) in [5, 5.41) is 7.23. The molecular formula is C24H27N7O2S. The summed E-state index contributed by atoms with van der Waals surface area (Å²) in [7, 11) is 0. The lowest BCUT2D eigenvalue weighted by Crippen LogP contribution is -2.48. The summed E-state index contributed by atoms with van der Waals surface area (Å²) in [5.41, 5.74) is 3.26. The van der Waals surface area contributed by atoms with Crippen molar-refractivity contribution >= 4 is 33.2 Å². The molecule has 4 aromatic rings. The predicted molar refractivity (Wildman–Crippen MR) is 130 cm³/mol. The molecular weight excluding hydrogens is 450 g/mol. The second kappa shape index (κ2) is 8.28. The van der Waals surface area contributed by atoms with E-state index in [1.54, 1.807) is 22.9 Å². The lowest BCUT2D eigenvalue weighted by Gasteiger charge is -2.34. The summed E-state index contributed by atoms with van der Waals surface area (Å²) in [6.07, 6.45) is 5.80. The number of amides is 1. The van der Waals surface area contributed by atoms with Crippen LogP contribution in [0.25, 0.3) is 16.0 Å². The van der Waals surface area contributed by atoms with Crippen molar-refractivity contribution in [2.24, 2.45) is 0 Å². The van der Waals surface area contributed by atoms with Crippen molar-refractivity contribution in [2.75, 3.05) is 26.2 Å². The van der Waals surface area contributed by atoms with E-state index in [1.807, 2.05) is 21.0 Å². The summed E-state index contributed by atoms with van der Waals surface area (Å²) >= 11 is 1.46. The van der Waals surface area contributed by atoms with Crippen LogP contribution in [-0.4, -0.2) is 66.0 Å². The first-order valence-corrected chi connectivity index (χ1v) is 12.7. The van der Waals surface area contributed by atoms with Crippen molar-refractivity contribution in [3.63, 3.8) is 0 Å². The summed E-state index contributed by atoms with van der Waals surface area (Å²) < 4.78 is 3.48. The number of rotatable bonds is 5. The minimum Gasteiger partial charge on any atom is -0.336 e. The summed E-state index contributed by atoms with van der Waals surface area (Å²) in [5.74, 6) is 0.509. The van der Waals surface area contributed by atoms with Crippen molar-refractivity contribution in [2.45, 2.75) is 45.2 Å². The molecule has 0 unspecified atom stereocenters. The first kappa shape index (κ1) is 21.4. The van der Waals surface area contributed by atoms with E-state index in [4.69, 9.17) is 4.98 Å². The highest BCUT2D eigenvalue weighted by atomic mass is 32.1. The van der Waals surface area contributed by atoms with Gasteiger partial charge in [0.05, 0.1) is 22.8 Å². The van der Waals surface area contributed by atoms with Gasteiger partial charge in [-0.1, -0.05) is 0 Å². The quantitative estimate of drug-likeness (QED) is 0.439. The van der Waals surface area contributed by atoms with Gasteiger partial charge in [0.25, 0.3) is 11.5 Å². The van der Waals surface area contributed by atoms with E-state index >= 15 is 0 Å². The van der Waals surface area contributed by atoms with Crippen molar-refractivity contribution in [1.82, 2.24) is 33.9 Å². The molecule has 5 heterocycles. The highest BCUT2D eigenvalue weighted by molar-refractivity contribution is 7.15. The molecule has 2 aliphatic rings. The standard InChI is InChI=1S/C24H27N7O2S/c1-15(2)31-22-19(13-25-31)18(12-20(27-22)16-3-4-16)23(33)29-7-5-28(6-8-29)14-17-11-21(32)30-9-10-34-24(30)26-17/h9-13,15-16H,3-8,14H2,1-2H3. The molecule has 1 aliphatic carbocycles. The van der Waals surface area contributed by atoms with Crippen LogP contribution in [-0.2, 0) is 6.54 Å². The van der Waals surface area contributed by atoms with Crippen LogP contribution >= 0.6 is 11.3 Å². The maximum atomic E-state index is 13.6. The van der Waals surface area contributed by atoms with Crippen LogP contribution in [0.2, 0.25) is 0 Å². The van der Waals surface area contributed by atoms with Gasteiger partial charge in [0, 0.05) is 68.0 Å². The third-order valence-corrected chi connectivity index (χ3v) is 7.46. The molecule has 1 amide bonds. The Hall–Kier alpha value is -3.11. The van der Waals surface area contributed by atoms with E-state index < -0.39 is 0 Å². The molecule has 0 spiro atoms. The fourth-order valence-electron chi connectivity index (χ4n) is 4.66. The Bertz CT molecular complexity index is 1440. The Morgan fingerprint density at radius 2 is 1.94 bits per heavy atom. The predicted octanol–water partition coefficient (Wildman–Crippen LogP) is 2.92. The van der Waals surface area contributed by atoms with Gasteiger partial charge in [-0.25, -0.2) is 14.6 Å². The SMILES string of the molecule is CC(C)n1ncc2c(C(=O)N3CCN(Cc4cc(=O)n5ccsc5n4)CC3)cc(C3CC3)nc21. The lowest BCUT2D eigenvalue weighted by molar-refractivity contribution is 0.0629. The van der Waals surface area contributed by atoms with Crippen LogP contribution in [0.15, 0.2) is 34.7 Å². The highest BCUT2D eigenvalue weighted by Crippen LogP contribution is 2.40. The van der Waals surface area contributed by atoms with Gasteiger partial charge in [-0.05, 0) is 32.8 Å². The number of piperazine rings is 1. The van der Waals surface area contributed by atoms with Crippen molar-refractivity contribution in [3.8, 4) is 0 Å². The molecule has 0 aromatic carbocycles. The van der Waals surface area contributed by atoms with Gasteiger partial charge < -0.3 is 4.90 Å². The summed E-state index contributed by atoms with van der Waals surface area (Å²) in [4.78, 5) is 40.3. The van der Waals surface area contributed by atoms with Gasteiger partial charge in [-0.15, -0.1) is 11.3 Å². The molecule has 6 rings (SSSR count). The largest absolute Gasteiger partial charge is 0.336 e. The van der Waals surface area contributed by atoms with Crippen LogP contribution in [0, 0.1) is 0 Å². The van der Waals surface area contributed by atoms with Crippen LogP contribution in [0.4, 0.5) is 0 Å². The first-order chi connectivity index (χ1) is 16.5. The zero-order chi connectivity index (χ0) is 23.4. The Morgan fingerprint density at radius 3 is 2.68 bits per heavy atom. The minimum atomic E-state index is -0.0508.